The van der Waals surface area contributed by atoms with Gasteiger partial charge in [-0.2, -0.15) is 9.36 Å². The normalized spacial score (nSPS) is 18.1. The summed E-state index contributed by atoms with van der Waals surface area (Å²) in [5, 5.41) is 4.24. The number of nitrogens with zero attached hydrogens (tertiary/aromatic N) is 2. The van der Waals surface area contributed by atoms with Crippen LogP contribution in [0.2, 0.25) is 0 Å². The van der Waals surface area contributed by atoms with Crippen molar-refractivity contribution < 1.29 is 0 Å². The lowest BCUT2D eigenvalue weighted by molar-refractivity contribution is 0.586. The van der Waals surface area contributed by atoms with Crippen LogP contribution in [0.4, 0.5) is 11.1 Å². The highest BCUT2D eigenvalue weighted by atomic mass is 32.1. The molecule has 78 valence electrons. The third-order valence-corrected chi connectivity index (χ3v) is 3.24. The number of rotatable bonds is 5. The van der Waals surface area contributed by atoms with E-state index >= 15 is 0 Å². The van der Waals surface area contributed by atoms with Crippen molar-refractivity contribution in [2.24, 2.45) is 5.92 Å². The molecule has 1 heterocycles. The summed E-state index contributed by atoms with van der Waals surface area (Å²) in [7, 11) is 0. The van der Waals surface area contributed by atoms with E-state index in [1.165, 1.54) is 30.8 Å². The first kappa shape index (κ1) is 9.71. The van der Waals surface area contributed by atoms with Gasteiger partial charge in [0.15, 0.2) is 0 Å². The van der Waals surface area contributed by atoms with Gasteiger partial charge in [0.05, 0.1) is 0 Å². The lowest BCUT2D eigenvalue weighted by atomic mass is 10.1. The zero-order valence-electron chi connectivity index (χ0n) is 8.36. The molecule has 1 aliphatic rings. The summed E-state index contributed by atoms with van der Waals surface area (Å²) in [6, 6.07) is 0.537. The fourth-order valence-electron chi connectivity index (χ4n) is 1.55. The van der Waals surface area contributed by atoms with Crippen molar-refractivity contribution in [3.8, 4) is 0 Å². The van der Waals surface area contributed by atoms with Crippen LogP contribution in [0.25, 0.3) is 0 Å². The molecule has 5 heteroatoms. The van der Waals surface area contributed by atoms with E-state index in [0.29, 0.717) is 12.0 Å². The van der Waals surface area contributed by atoms with Crippen molar-refractivity contribution in [3.05, 3.63) is 0 Å². The molecule has 0 amide bonds. The van der Waals surface area contributed by atoms with Crippen LogP contribution in [0.5, 0.6) is 0 Å². The molecule has 1 aromatic heterocycles. The monoisotopic (exact) mass is 212 g/mol. The topological polar surface area (TPSA) is 63.8 Å². The summed E-state index contributed by atoms with van der Waals surface area (Å²) >= 11 is 1.34. The minimum atomic E-state index is 0.374. The Morgan fingerprint density at radius 2 is 2.43 bits per heavy atom. The first-order valence-electron chi connectivity index (χ1n) is 5.13. The van der Waals surface area contributed by atoms with Gasteiger partial charge >= 0.3 is 0 Å². The van der Waals surface area contributed by atoms with Crippen LogP contribution in [0, 0.1) is 5.92 Å². The molecule has 1 aromatic rings. The average Bonchev–Trinajstić information content (AvgIpc) is 2.89. The van der Waals surface area contributed by atoms with E-state index in [-0.39, 0.29) is 0 Å². The highest BCUT2D eigenvalue weighted by molar-refractivity contribution is 7.09. The molecule has 2 rings (SSSR count). The van der Waals surface area contributed by atoms with Crippen molar-refractivity contribution in [1.29, 1.82) is 0 Å². The Labute approximate surface area is 88.1 Å². The first-order valence-corrected chi connectivity index (χ1v) is 5.91. The van der Waals surface area contributed by atoms with Gasteiger partial charge < -0.3 is 11.1 Å². The van der Waals surface area contributed by atoms with E-state index in [4.69, 9.17) is 5.73 Å². The minimum absolute atomic E-state index is 0.374. The number of nitrogens with one attached hydrogen (secondary N) is 1. The van der Waals surface area contributed by atoms with Gasteiger partial charge in [-0.25, -0.2) is 0 Å². The summed E-state index contributed by atoms with van der Waals surface area (Å²) in [4.78, 5) is 4.10. The summed E-state index contributed by atoms with van der Waals surface area (Å²) in [5.41, 5.74) is 5.46. The van der Waals surface area contributed by atoms with Gasteiger partial charge in [0.2, 0.25) is 11.1 Å². The number of anilines is 2. The van der Waals surface area contributed by atoms with Crippen LogP contribution in [0.1, 0.15) is 32.6 Å². The number of nitrogen functional groups attached to an aromatic ring is 1. The third-order valence-electron chi connectivity index (χ3n) is 2.58. The van der Waals surface area contributed by atoms with Gasteiger partial charge in [-0.05, 0) is 18.8 Å². The Morgan fingerprint density at radius 3 is 2.93 bits per heavy atom. The Bertz CT molecular complexity index is 295. The first-order chi connectivity index (χ1) is 6.78. The zero-order valence-corrected chi connectivity index (χ0v) is 9.18. The molecule has 0 radical (unpaired) electrons. The number of aromatic nitrogens is 2. The van der Waals surface area contributed by atoms with E-state index in [1.807, 2.05) is 0 Å². The van der Waals surface area contributed by atoms with Crippen LogP contribution in [0.3, 0.4) is 0 Å². The van der Waals surface area contributed by atoms with E-state index < -0.39 is 0 Å². The number of hydrogen-bond donors (Lipinski definition) is 2. The van der Waals surface area contributed by atoms with Gasteiger partial charge in [0, 0.05) is 17.6 Å². The second kappa shape index (κ2) is 4.13. The smallest absolute Gasteiger partial charge is 0.233 e. The molecule has 0 saturated heterocycles. The van der Waals surface area contributed by atoms with Crippen LogP contribution < -0.4 is 11.1 Å². The van der Waals surface area contributed by atoms with Gasteiger partial charge in [-0.15, -0.1) is 0 Å². The van der Waals surface area contributed by atoms with E-state index in [1.54, 1.807) is 0 Å². The molecule has 1 saturated carbocycles. The fourth-order valence-corrected chi connectivity index (χ4v) is 2.13. The van der Waals surface area contributed by atoms with Gasteiger partial charge in [-0.1, -0.05) is 19.8 Å². The summed E-state index contributed by atoms with van der Waals surface area (Å²) in [5.74, 6) is 1.32. The molecule has 1 unspecified atom stereocenters. The molecule has 14 heavy (non-hydrogen) atoms. The largest absolute Gasteiger partial charge is 0.367 e. The molecule has 3 N–H and O–H groups in total. The Kier molecular flexibility index (Phi) is 2.86. The maximum atomic E-state index is 5.46. The third kappa shape index (κ3) is 2.57. The van der Waals surface area contributed by atoms with E-state index in [0.717, 1.165) is 17.5 Å². The number of nitrogens with two attached hydrogens (primary N) is 1. The molecular formula is C9H16N4S. The quantitative estimate of drug-likeness (QED) is 0.784. The lowest BCUT2D eigenvalue weighted by Gasteiger charge is -2.14. The van der Waals surface area contributed by atoms with Gasteiger partial charge in [0.25, 0.3) is 0 Å². The number of hydrogen-bond acceptors (Lipinski definition) is 5. The van der Waals surface area contributed by atoms with Crippen LogP contribution >= 0.6 is 11.5 Å². The maximum absolute atomic E-state index is 5.46. The highest BCUT2D eigenvalue weighted by Crippen LogP contribution is 2.34. The minimum Gasteiger partial charge on any atom is -0.367 e. The molecule has 0 aromatic carbocycles. The van der Waals surface area contributed by atoms with Crippen molar-refractivity contribution in [2.45, 2.75) is 38.6 Å². The second-order valence-corrected chi connectivity index (χ2v) is 4.64. The fraction of sp³-hybridized carbons (Fsp3) is 0.778. The van der Waals surface area contributed by atoms with Crippen molar-refractivity contribution in [2.75, 3.05) is 11.1 Å². The lowest BCUT2D eigenvalue weighted by Crippen LogP contribution is -2.18. The predicted molar refractivity (Wildman–Crippen MR) is 59.4 cm³/mol. The van der Waals surface area contributed by atoms with Crippen LogP contribution in [-0.4, -0.2) is 15.4 Å². The van der Waals surface area contributed by atoms with Gasteiger partial charge in [0.1, 0.15) is 0 Å². The van der Waals surface area contributed by atoms with Crippen molar-refractivity contribution in [1.82, 2.24) is 9.36 Å². The zero-order chi connectivity index (χ0) is 9.97. The Balaban J connectivity index is 1.86. The summed E-state index contributed by atoms with van der Waals surface area (Å²) in [6.45, 7) is 2.20. The highest BCUT2D eigenvalue weighted by Gasteiger charge is 2.25. The second-order valence-electron chi connectivity index (χ2n) is 3.89. The summed E-state index contributed by atoms with van der Waals surface area (Å²) in [6.07, 6.45) is 5.19. The Hall–Kier alpha value is -0.840. The SMILES string of the molecule is CCC(CC1CC1)Nc1nc(N)ns1. The molecule has 4 nitrogen and oxygen atoms in total. The molecule has 1 aliphatic carbocycles. The summed E-state index contributed by atoms with van der Waals surface area (Å²) < 4.78 is 3.94. The van der Waals surface area contributed by atoms with Crippen molar-refractivity contribution >= 4 is 22.6 Å². The molecule has 0 spiro atoms. The standard InChI is InChI=1S/C9H16N4S/c1-2-7(5-6-3-4-6)11-9-12-8(10)13-14-9/h6-7H,2-5H2,1H3,(H3,10,11,12,13). The average molecular weight is 212 g/mol. The molecule has 0 bridgehead atoms. The molecule has 1 fully saturated rings. The van der Waals surface area contributed by atoms with Crippen LogP contribution in [-0.2, 0) is 0 Å². The van der Waals surface area contributed by atoms with E-state index in [9.17, 15) is 0 Å². The van der Waals surface area contributed by atoms with Crippen molar-refractivity contribution in [3.63, 3.8) is 0 Å². The molecule has 1 atom stereocenters. The Morgan fingerprint density at radius 1 is 1.64 bits per heavy atom. The molecular weight excluding hydrogens is 196 g/mol. The molecule has 0 aliphatic heterocycles. The predicted octanol–water partition coefficient (Wildman–Crippen LogP) is 2.11. The van der Waals surface area contributed by atoms with Gasteiger partial charge in [-0.3, -0.25) is 0 Å². The van der Waals surface area contributed by atoms with Crippen LogP contribution in [0.15, 0.2) is 0 Å². The van der Waals surface area contributed by atoms with E-state index in [2.05, 4.69) is 21.6 Å². The maximum Gasteiger partial charge on any atom is 0.233 e.